The van der Waals surface area contributed by atoms with Crippen LogP contribution in [0.15, 0.2) is 18.2 Å². The zero-order valence-corrected chi connectivity index (χ0v) is 18.5. The Balaban J connectivity index is 1.39. The smallest absolute Gasteiger partial charge is 0.0545 e. The zero-order chi connectivity index (χ0) is 20.2. The van der Waals surface area contributed by atoms with Gasteiger partial charge in [0, 0.05) is 49.3 Å². The topological polar surface area (TPSA) is 61.0 Å². The number of fused-ring (bicyclic) bond motifs is 5. The average Bonchev–Trinajstić information content (AvgIpc) is 2.79. The summed E-state index contributed by atoms with van der Waals surface area (Å²) in [4.78, 5) is 4.97. The molecule has 0 amide bonds. The Bertz CT molecular complexity index is 626. The van der Waals surface area contributed by atoms with Crippen LogP contribution in [0.25, 0.3) is 0 Å². The molecule has 3 saturated carbocycles. The summed E-state index contributed by atoms with van der Waals surface area (Å²) in [5, 5.41) is 16.1. The van der Waals surface area contributed by atoms with Crippen LogP contribution < -0.4 is 21.3 Å². The molecule has 1 aromatic rings. The number of hydrogen-bond donors (Lipinski definition) is 4. The monoisotopic (exact) mass is 411 g/mol. The molecule has 0 radical (unpaired) electrons. The van der Waals surface area contributed by atoms with Crippen molar-refractivity contribution >= 4 is 0 Å². The summed E-state index contributed by atoms with van der Waals surface area (Å²) in [5.74, 6) is 0. The van der Waals surface area contributed by atoms with Crippen LogP contribution in [0.5, 0.6) is 0 Å². The van der Waals surface area contributed by atoms with Gasteiger partial charge in [0.25, 0.3) is 0 Å². The van der Waals surface area contributed by atoms with Gasteiger partial charge in [0.05, 0.1) is 11.4 Å². The Labute approximate surface area is 182 Å². The summed E-state index contributed by atoms with van der Waals surface area (Å²) >= 11 is 0. The highest BCUT2D eigenvalue weighted by atomic mass is 15.1. The Morgan fingerprint density at radius 1 is 0.533 bits per heavy atom. The lowest BCUT2D eigenvalue weighted by Crippen LogP contribution is -2.61. The molecule has 3 fully saturated rings. The first-order valence-corrected chi connectivity index (χ1v) is 12.8. The maximum absolute atomic E-state index is 4.97. The second kappa shape index (κ2) is 10.1. The van der Waals surface area contributed by atoms with Crippen molar-refractivity contribution in [2.45, 2.75) is 126 Å². The van der Waals surface area contributed by atoms with E-state index >= 15 is 0 Å². The highest BCUT2D eigenvalue weighted by Crippen LogP contribution is 2.27. The molecule has 2 bridgehead atoms. The molecule has 0 spiro atoms. The van der Waals surface area contributed by atoms with Crippen molar-refractivity contribution in [3.05, 3.63) is 29.6 Å². The fourth-order valence-electron chi connectivity index (χ4n) is 6.43. The molecular weight excluding hydrogens is 370 g/mol. The van der Waals surface area contributed by atoms with E-state index in [1.54, 1.807) is 0 Å². The fourth-order valence-corrected chi connectivity index (χ4v) is 6.43. The normalized spacial score (nSPS) is 38.3. The van der Waals surface area contributed by atoms with Crippen molar-refractivity contribution in [3.63, 3.8) is 0 Å². The number of pyridine rings is 1. The van der Waals surface area contributed by atoms with E-state index in [-0.39, 0.29) is 0 Å². The molecule has 2 heterocycles. The van der Waals surface area contributed by atoms with Crippen LogP contribution in [0, 0.1) is 0 Å². The summed E-state index contributed by atoms with van der Waals surface area (Å²) < 4.78 is 0. The molecule has 4 aliphatic rings. The minimum Gasteiger partial charge on any atom is -0.308 e. The predicted molar refractivity (Wildman–Crippen MR) is 122 cm³/mol. The van der Waals surface area contributed by atoms with Gasteiger partial charge in [0.15, 0.2) is 0 Å². The molecule has 6 atom stereocenters. The fraction of sp³-hybridized carbons (Fsp3) is 0.800. The summed E-state index contributed by atoms with van der Waals surface area (Å²) in [6.07, 6.45) is 16.0. The highest BCUT2D eigenvalue weighted by Gasteiger charge is 2.34. The number of rotatable bonds is 0. The van der Waals surface area contributed by atoms with Crippen molar-refractivity contribution in [2.75, 3.05) is 0 Å². The third kappa shape index (κ3) is 5.07. The third-order valence-corrected chi connectivity index (χ3v) is 8.11. The maximum atomic E-state index is 4.97. The first-order chi connectivity index (χ1) is 14.8. The van der Waals surface area contributed by atoms with Gasteiger partial charge < -0.3 is 21.3 Å². The van der Waals surface area contributed by atoms with E-state index in [2.05, 4.69) is 39.5 Å². The minimum absolute atomic E-state index is 0.567. The SMILES string of the molecule is c1cc2nc(c1)CN[C@@H]1CCCC[C@H]1NC1CCCCC1NC1CCCC[C@H]1NC2. The van der Waals surface area contributed by atoms with Gasteiger partial charge in [-0.1, -0.05) is 44.6 Å². The van der Waals surface area contributed by atoms with Gasteiger partial charge in [-0.25, -0.2) is 0 Å². The Morgan fingerprint density at radius 2 is 0.900 bits per heavy atom. The third-order valence-electron chi connectivity index (χ3n) is 8.11. The van der Waals surface area contributed by atoms with Gasteiger partial charge in [-0.2, -0.15) is 0 Å². The molecule has 3 aliphatic carbocycles. The Morgan fingerprint density at radius 3 is 1.33 bits per heavy atom. The van der Waals surface area contributed by atoms with E-state index in [9.17, 15) is 0 Å². The maximum Gasteiger partial charge on any atom is 0.0545 e. The van der Waals surface area contributed by atoms with Crippen molar-refractivity contribution in [3.8, 4) is 0 Å². The molecular formula is C25H41N5. The number of nitrogens with zero attached hydrogens (tertiary/aromatic N) is 1. The first-order valence-electron chi connectivity index (χ1n) is 12.8. The van der Waals surface area contributed by atoms with Gasteiger partial charge >= 0.3 is 0 Å². The van der Waals surface area contributed by atoms with Crippen molar-refractivity contribution in [1.82, 2.24) is 26.3 Å². The molecule has 5 heteroatoms. The second-order valence-corrected chi connectivity index (χ2v) is 10.2. The first kappa shape index (κ1) is 20.9. The van der Waals surface area contributed by atoms with Gasteiger partial charge in [-0.05, 0) is 50.7 Å². The number of nitrogens with one attached hydrogen (secondary N) is 4. The molecule has 5 rings (SSSR count). The molecule has 1 aliphatic heterocycles. The van der Waals surface area contributed by atoms with Crippen LogP contribution in [-0.4, -0.2) is 41.2 Å². The predicted octanol–water partition coefficient (Wildman–Crippen LogP) is 3.39. The van der Waals surface area contributed by atoms with Crippen molar-refractivity contribution in [2.24, 2.45) is 0 Å². The summed E-state index contributed by atoms with van der Waals surface area (Å²) in [5.41, 5.74) is 2.37. The van der Waals surface area contributed by atoms with Crippen molar-refractivity contribution < 1.29 is 0 Å². The Hall–Kier alpha value is -1.01. The van der Waals surface area contributed by atoms with E-state index in [0.717, 1.165) is 13.1 Å². The largest absolute Gasteiger partial charge is 0.308 e. The molecule has 166 valence electrons. The van der Waals surface area contributed by atoms with Crippen LogP contribution in [-0.2, 0) is 13.1 Å². The summed E-state index contributed by atoms with van der Waals surface area (Å²) in [6, 6.07) is 10.1. The molecule has 0 aromatic carbocycles. The lowest BCUT2D eigenvalue weighted by molar-refractivity contribution is 0.181. The molecule has 4 N–H and O–H groups in total. The quantitative estimate of drug-likeness (QED) is 0.527. The molecule has 1 aromatic heterocycles. The second-order valence-electron chi connectivity index (χ2n) is 10.2. The van der Waals surface area contributed by atoms with Crippen LogP contribution in [0.4, 0.5) is 0 Å². The van der Waals surface area contributed by atoms with E-state index in [1.165, 1.54) is 88.4 Å². The summed E-state index contributed by atoms with van der Waals surface area (Å²) in [7, 11) is 0. The number of hydrogen-bond acceptors (Lipinski definition) is 5. The Kier molecular flexibility index (Phi) is 7.01. The van der Waals surface area contributed by atoms with Crippen molar-refractivity contribution in [1.29, 1.82) is 0 Å². The molecule has 3 unspecified atom stereocenters. The van der Waals surface area contributed by atoms with Crippen LogP contribution in [0.3, 0.4) is 0 Å². The van der Waals surface area contributed by atoms with E-state index < -0.39 is 0 Å². The summed E-state index contributed by atoms with van der Waals surface area (Å²) in [6.45, 7) is 1.77. The lowest BCUT2D eigenvalue weighted by atomic mass is 9.84. The standard InChI is InChI=1S/C25H41N5/c1-3-12-22-20(10-1)26-16-18-8-7-9-19(28-18)17-27-21-11-2-4-13-23(21)30-25-15-6-5-14-24(25)29-22/h7-9,20-27,29-30H,1-6,10-17H2/t20-,21-,22-,23?,24?,25?/m1/s1. The molecule has 0 saturated heterocycles. The van der Waals surface area contributed by atoms with Gasteiger partial charge in [0.1, 0.15) is 0 Å². The van der Waals surface area contributed by atoms with Gasteiger partial charge in [0.2, 0.25) is 0 Å². The lowest BCUT2D eigenvalue weighted by Gasteiger charge is -2.43. The average molecular weight is 412 g/mol. The van der Waals surface area contributed by atoms with E-state index in [1.807, 2.05) is 0 Å². The van der Waals surface area contributed by atoms with Crippen LogP contribution in [0.1, 0.15) is 88.4 Å². The van der Waals surface area contributed by atoms with Gasteiger partial charge in [-0.15, -0.1) is 0 Å². The molecule has 30 heavy (non-hydrogen) atoms. The number of aromatic nitrogens is 1. The van der Waals surface area contributed by atoms with Gasteiger partial charge in [-0.3, -0.25) is 4.98 Å². The van der Waals surface area contributed by atoms with E-state index in [0.29, 0.717) is 36.3 Å². The highest BCUT2D eigenvalue weighted by molar-refractivity contribution is 5.12. The molecule has 5 nitrogen and oxygen atoms in total. The van der Waals surface area contributed by atoms with E-state index in [4.69, 9.17) is 4.98 Å². The zero-order valence-electron chi connectivity index (χ0n) is 18.5. The van der Waals surface area contributed by atoms with Crippen LogP contribution in [0.2, 0.25) is 0 Å². The minimum atomic E-state index is 0.567. The van der Waals surface area contributed by atoms with Crippen LogP contribution >= 0.6 is 0 Å².